The number of hydrogen-bond donors (Lipinski definition) is 1. The van der Waals surface area contributed by atoms with E-state index in [2.05, 4.69) is 11.9 Å². The molecule has 4 rings (SSSR count). The zero-order chi connectivity index (χ0) is 22.5. The Bertz CT molecular complexity index is 1040. The molecule has 1 fully saturated rings. The van der Waals surface area contributed by atoms with Gasteiger partial charge in [-0.25, -0.2) is 4.98 Å². The van der Waals surface area contributed by atoms with Crippen LogP contribution < -0.4 is 4.74 Å². The summed E-state index contributed by atoms with van der Waals surface area (Å²) >= 11 is 0. The van der Waals surface area contributed by atoms with Crippen LogP contribution in [0.1, 0.15) is 22.6 Å². The van der Waals surface area contributed by atoms with E-state index in [0.29, 0.717) is 38.6 Å². The number of aliphatic carboxylic acids is 1. The highest BCUT2D eigenvalue weighted by molar-refractivity contribution is 5.73. The van der Waals surface area contributed by atoms with Crippen molar-refractivity contribution >= 4 is 5.97 Å². The minimum absolute atomic E-state index is 0.226. The number of hydrogen-bond acceptors (Lipinski definition) is 6. The molecule has 0 bridgehead atoms. The molecule has 1 atom stereocenters. The highest BCUT2D eigenvalue weighted by atomic mass is 16.5. The second-order valence-electron chi connectivity index (χ2n) is 8.03. The topological polar surface area (TPSA) is 85.0 Å². The number of carbonyl (C=O) groups is 1. The molecule has 0 spiro atoms. The Morgan fingerprint density at radius 1 is 1.16 bits per heavy atom. The maximum Gasteiger partial charge on any atom is 0.323 e. The van der Waals surface area contributed by atoms with Crippen molar-refractivity contribution in [2.24, 2.45) is 0 Å². The maximum absolute atomic E-state index is 11.4. The average Bonchev–Trinajstić information content (AvgIpc) is 3.16. The van der Waals surface area contributed by atoms with Crippen molar-refractivity contribution in [2.45, 2.75) is 32.9 Å². The van der Waals surface area contributed by atoms with Gasteiger partial charge in [0, 0.05) is 25.1 Å². The summed E-state index contributed by atoms with van der Waals surface area (Å²) in [6, 6.07) is 15.3. The maximum atomic E-state index is 11.4. The lowest BCUT2D eigenvalue weighted by Crippen LogP contribution is -2.49. The first-order chi connectivity index (χ1) is 15.5. The Kier molecular flexibility index (Phi) is 6.87. The average molecular weight is 437 g/mol. The van der Waals surface area contributed by atoms with Gasteiger partial charge in [-0.05, 0) is 43.7 Å². The summed E-state index contributed by atoms with van der Waals surface area (Å²) in [5, 5.41) is 9.37. The van der Waals surface area contributed by atoms with E-state index in [0.717, 1.165) is 28.3 Å². The zero-order valence-electron chi connectivity index (χ0n) is 18.4. The molecule has 1 aromatic heterocycles. The van der Waals surface area contributed by atoms with Gasteiger partial charge in [0.25, 0.3) is 0 Å². The Balaban J connectivity index is 1.30. The lowest BCUT2D eigenvalue weighted by molar-refractivity contribution is -0.150. The minimum Gasteiger partial charge on any atom is -0.493 e. The molecule has 0 unspecified atom stereocenters. The third-order valence-electron chi connectivity index (χ3n) is 5.63. The van der Waals surface area contributed by atoms with Crippen LogP contribution in [0.3, 0.4) is 0 Å². The first-order valence-electron chi connectivity index (χ1n) is 10.8. The van der Waals surface area contributed by atoms with E-state index in [-0.39, 0.29) is 6.61 Å². The molecule has 0 aliphatic carbocycles. The van der Waals surface area contributed by atoms with Crippen molar-refractivity contribution in [2.75, 3.05) is 26.4 Å². The number of aryl methyl sites for hydroxylation is 2. The van der Waals surface area contributed by atoms with Crippen LogP contribution in [0, 0.1) is 13.8 Å². The summed E-state index contributed by atoms with van der Waals surface area (Å²) in [7, 11) is 0. The molecule has 2 heterocycles. The summed E-state index contributed by atoms with van der Waals surface area (Å²) < 4.78 is 17.0. The standard InChI is InChI=1S/C25H28N2O5/c1-17-3-7-20(8-4-17)24-26-22(18(2)32-24)11-13-31-21-9-5-19(6-10-21)15-27-12-14-30-16-23(27)25(28)29/h3-10,23H,11-16H2,1-2H3,(H,28,29)/t23-/m0/s1. The molecular weight excluding hydrogens is 408 g/mol. The minimum atomic E-state index is -0.849. The van der Waals surface area contributed by atoms with Gasteiger partial charge in [-0.2, -0.15) is 0 Å². The van der Waals surface area contributed by atoms with Crippen molar-refractivity contribution in [1.29, 1.82) is 0 Å². The van der Waals surface area contributed by atoms with Crippen LogP contribution in [0.4, 0.5) is 0 Å². The number of aromatic nitrogens is 1. The molecule has 3 aromatic rings. The van der Waals surface area contributed by atoms with Crippen molar-refractivity contribution in [3.05, 3.63) is 71.1 Å². The van der Waals surface area contributed by atoms with Crippen LogP contribution in [0.5, 0.6) is 5.75 Å². The lowest BCUT2D eigenvalue weighted by Gasteiger charge is -2.32. The lowest BCUT2D eigenvalue weighted by atomic mass is 10.1. The molecule has 0 radical (unpaired) electrons. The summed E-state index contributed by atoms with van der Waals surface area (Å²) in [6.07, 6.45) is 0.650. The molecule has 7 nitrogen and oxygen atoms in total. The van der Waals surface area contributed by atoms with Crippen molar-refractivity contribution < 1.29 is 23.8 Å². The van der Waals surface area contributed by atoms with Crippen LogP contribution >= 0.6 is 0 Å². The SMILES string of the molecule is Cc1ccc(-c2nc(CCOc3ccc(CN4CCOC[C@H]4C(=O)O)cc3)c(C)o2)cc1. The number of oxazole rings is 1. The van der Waals surface area contributed by atoms with E-state index in [4.69, 9.17) is 13.9 Å². The predicted octanol–water partition coefficient (Wildman–Crippen LogP) is 3.87. The molecule has 7 heteroatoms. The monoisotopic (exact) mass is 436 g/mol. The van der Waals surface area contributed by atoms with Crippen LogP contribution in [0.2, 0.25) is 0 Å². The van der Waals surface area contributed by atoms with Crippen LogP contribution in [0.15, 0.2) is 52.9 Å². The van der Waals surface area contributed by atoms with E-state index in [1.54, 1.807) is 0 Å². The largest absolute Gasteiger partial charge is 0.493 e. The second-order valence-corrected chi connectivity index (χ2v) is 8.03. The molecule has 0 amide bonds. The van der Waals surface area contributed by atoms with Gasteiger partial charge in [0.2, 0.25) is 5.89 Å². The molecule has 168 valence electrons. The Morgan fingerprint density at radius 2 is 1.91 bits per heavy atom. The van der Waals surface area contributed by atoms with Gasteiger partial charge in [0.1, 0.15) is 17.6 Å². The first kappa shape index (κ1) is 22.0. The number of morpholine rings is 1. The number of benzene rings is 2. The van der Waals surface area contributed by atoms with Gasteiger partial charge < -0.3 is 19.0 Å². The quantitative estimate of drug-likeness (QED) is 0.574. The van der Waals surface area contributed by atoms with Gasteiger partial charge in [0.05, 0.1) is 25.5 Å². The third-order valence-corrected chi connectivity index (χ3v) is 5.63. The highest BCUT2D eigenvalue weighted by Gasteiger charge is 2.29. The van der Waals surface area contributed by atoms with Crippen molar-refractivity contribution in [3.63, 3.8) is 0 Å². The summed E-state index contributed by atoms with van der Waals surface area (Å²) in [6.45, 7) is 6.42. The molecule has 32 heavy (non-hydrogen) atoms. The summed E-state index contributed by atoms with van der Waals surface area (Å²) in [5.74, 6) is 1.35. The molecule has 1 N–H and O–H groups in total. The number of nitrogens with zero attached hydrogens (tertiary/aromatic N) is 2. The van der Waals surface area contributed by atoms with Gasteiger partial charge in [0.15, 0.2) is 0 Å². The van der Waals surface area contributed by atoms with Crippen molar-refractivity contribution in [1.82, 2.24) is 9.88 Å². The van der Waals surface area contributed by atoms with E-state index >= 15 is 0 Å². The summed E-state index contributed by atoms with van der Waals surface area (Å²) in [4.78, 5) is 18.0. The number of ether oxygens (including phenoxy) is 2. The Hall–Kier alpha value is -3.16. The molecule has 0 saturated carbocycles. The molecule has 1 aliphatic heterocycles. The number of carboxylic acid groups (broad SMARTS) is 1. The Labute approximate surface area is 187 Å². The highest BCUT2D eigenvalue weighted by Crippen LogP contribution is 2.23. The number of carboxylic acids is 1. The fraction of sp³-hybridized carbons (Fsp3) is 0.360. The van der Waals surface area contributed by atoms with E-state index in [1.165, 1.54) is 5.56 Å². The number of rotatable bonds is 8. The van der Waals surface area contributed by atoms with Gasteiger partial charge in [-0.1, -0.05) is 29.8 Å². The second kappa shape index (κ2) is 9.97. The van der Waals surface area contributed by atoms with Gasteiger partial charge in [-0.3, -0.25) is 9.69 Å². The van der Waals surface area contributed by atoms with Crippen LogP contribution in [-0.2, 0) is 22.5 Å². The molecule has 1 aliphatic rings. The molecule has 1 saturated heterocycles. The molecular formula is C25H28N2O5. The predicted molar refractivity (Wildman–Crippen MR) is 120 cm³/mol. The first-order valence-corrected chi connectivity index (χ1v) is 10.8. The van der Waals surface area contributed by atoms with Crippen LogP contribution in [0.25, 0.3) is 11.5 Å². The smallest absolute Gasteiger partial charge is 0.323 e. The van der Waals surface area contributed by atoms with E-state index in [9.17, 15) is 9.90 Å². The van der Waals surface area contributed by atoms with Gasteiger partial charge in [-0.15, -0.1) is 0 Å². The fourth-order valence-electron chi connectivity index (χ4n) is 3.73. The third kappa shape index (κ3) is 5.36. The zero-order valence-corrected chi connectivity index (χ0v) is 18.4. The molecule has 2 aromatic carbocycles. The van der Waals surface area contributed by atoms with Gasteiger partial charge >= 0.3 is 5.97 Å². The van der Waals surface area contributed by atoms with E-state index in [1.807, 2.05) is 60.4 Å². The fourth-order valence-corrected chi connectivity index (χ4v) is 3.73. The van der Waals surface area contributed by atoms with Crippen LogP contribution in [-0.4, -0.2) is 53.4 Å². The van der Waals surface area contributed by atoms with Crippen molar-refractivity contribution in [3.8, 4) is 17.2 Å². The Morgan fingerprint density at radius 3 is 2.62 bits per heavy atom. The normalized spacial score (nSPS) is 16.8. The summed E-state index contributed by atoms with van der Waals surface area (Å²) in [5.41, 5.74) is 4.10. The van der Waals surface area contributed by atoms with E-state index < -0.39 is 12.0 Å².